The van der Waals surface area contributed by atoms with Gasteiger partial charge in [0.05, 0.1) is 0 Å². The topological polar surface area (TPSA) is 96.9 Å². The van der Waals surface area contributed by atoms with Crippen LogP contribution < -0.4 is 11.1 Å². The van der Waals surface area contributed by atoms with Crippen LogP contribution in [0, 0.1) is 5.92 Å². The zero-order valence-corrected chi connectivity index (χ0v) is 9.86. The van der Waals surface area contributed by atoms with Crippen LogP contribution in [0.25, 0.3) is 0 Å². The van der Waals surface area contributed by atoms with Gasteiger partial charge < -0.3 is 21.0 Å². The Hall–Kier alpha value is -1.46. The Balaban J connectivity index is 2.25. The SMILES string of the molecule is CC(C)(C)OC(=O)NC1CC(/C(N)=N/O)C1. The van der Waals surface area contributed by atoms with Crippen LogP contribution in [0.3, 0.4) is 0 Å². The van der Waals surface area contributed by atoms with Crippen LogP contribution in [0.1, 0.15) is 33.6 Å². The van der Waals surface area contributed by atoms with Crippen molar-refractivity contribution in [1.82, 2.24) is 5.32 Å². The molecule has 0 saturated heterocycles. The largest absolute Gasteiger partial charge is 0.444 e. The molecule has 0 unspecified atom stereocenters. The molecule has 0 radical (unpaired) electrons. The second kappa shape index (κ2) is 4.59. The molecule has 0 bridgehead atoms. The number of rotatable bonds is 2. The minimum Gasteiger partial charge on any atom is -0.444 e. The van der Waals surface area contributed by atoms with Crippen molar-refractivity contribution in [3.05, 3.63) is 0 Å². The van der Waals surface area contributed by atoms with E-state index in [1.54, 1.807) is 0 Å². The highest BCUT2D eigenvalue weighted by Crippen LogP contribution is 2.27. The number of oxime groups is 1. The number of amides is 1. The molecule has 1 fully saturated rings. The second-order valence-electron chi connectivity index (χ2n) is 5.04. The summed E-state index contributed by atoms with van der Waals surface area (Å²) in [6, 6.07) is 0.0557. The highest BCUT2D eigenvalue weighted by atomic mass is 16.6. The number of carbonyl (C=O) groups excluding carboxylic acids is 1. The van der Waals surface area contributed by atoms with Gasteiger partial charge in [0.25, 0.3) is 0 Å². The van der Waals surface area contributed by atoms with E-state index in [9.17, 15) is 4.79 Å². The summed E-state index contributed by atoms with van der Waals surface area (Å²) in [7, 11) is 0. The summed E-state index contributed by atoms with van der Waals surface area (Å²) in [5.41, 5.74) is 4.94. The molecule has 0 aromatic heterocycles. The van der Waals surface area contributed by atoms with Crippen LogP contribution in [0.4, 0.5) is 4.79 Å². The van der Waals surface area contributed by atoms with Crippen molar-refractivity contribution in [2.24, 2.45) is 16.8 Å². The fourth-order valence-corrected chi connectivity index (χ4v) is 1.53. The van der Waals surface area contributed by atoms with E-state index >= 15 is 0 Å². The Kier molecular flexibility index (Phi) is 3.62. The van der Waals surface area contributed by atoms with Gasteiger partial charge in [-0.1, -0.05) is 5.16 Å². The Morgan fingerprint density at radius 1 is 1.50 bits per heavy atom. The molecule has 0 atom stereocenters. The second-order valence-corrected chi connectivity index (χ2v) is 5.04. The molecule has 0 heterocycles. The molecule has 6 heteroatoms. The predicted molar refractivity (Wildman–Crippen MR) is 59.3 cm³/mol. The number of nitrogens with one attached hydrogen (secondary N) is 1. The molecule has 0 aliphatic heterocycles. The van der Waals surface area contributed by atoms with E-state index in [1.807, 2.05) is 20.8 Å². The third kappa shape index (κ3) is 3.60. The first-order valence-electron chi connectivity index (χ1n) is 5.28. The van der Waals surface area contributed by atoms with Crippen molar-refractivity contribution in [2.45, 2.75) is 45.3 Å². The molecule has 16 heavy (non-hydrogen) atoms. The number of alkyl carbamates (subject to hydrolysis) is 1. The van der Waals surface area contributed by atoms with Gasteiger partial charge in [0.1, 0.15) is 11.4 Å². The monoisotopic (exact) mass is 229 g/mol. The maximum absolute atomic E-state index is 11.4. The Morgan fingerprint density at radius 3 is 2.50 bits per heavy atom. The predicted octanol–water partition coefficient (Wildman–Crippen LogP) is 1.04. The minimum absolute atomic E-state index is 0.0557. The van der Waals surface area contributed by atoms with Crippen molar-refractivity contribution in [3.63, 3.8) is 0 Å². The molecule has 0 spiro atoms. The summed E-state index contributed by atoms with van der Waals surface area (Å²) in [5.74, 6) is 0.284. The van der Waals surface area contributed by atoms with Gasteiger partial charge in [-0.3, -0.25) is 0 Å². The van der Waals surface area contributed by atoms with E-state index in [0.717, 1.165) is 0 Å². The van der Waals surface area contributed by atoms with Gasteiger partial charge in [0.15, 0.2) is 0 Å². The van der Waals surface area contributed by atoms with Crippen LogP contribution in [0.5, 0.6) is 0 Å². The van der Waals surface area contributed by atoms with Gasteiger partial charge >= 0.3 is 6.09 Å². The van der Waals surface area contributed by atoms with Crippen molar-refractivity contribution >= 4 is 11.9 Å². The first kappa shape index (κ1) is 12.6. The lowest BCUT2D eigenvalue weighted by Gasteiger charge is -2.35. The standard InChI is InChI=1S/C10H19N3O3/c1-10(2,3)16-9(14)12-7-4-6(5-7)8(11)13-15/h6-7,15H,4-5H2,1-3H3,(H2,11,13)(H,12,14). The molecular formula is C10H19N3O3. The molecule has 1 saturated carbocycles. The van der Waals surface area contributed by atoms with E-state index in [-0.39, 0.29) is 17.8 Å². The lowest BCUT2D eigenvalue weighted by atomic mass is 9.79. The maximum atomic E-state index is 11.4. The Bertz CT molecular complexity index is 290. The molecule has 1 rings (SSSR count). The van der Waals surface area contributed by atoms with Crippen molar-refractivity contribution in [3.8, 4) is 0 Å². The summed E-state index contributed by atoms with van der Waals surface area (Å²) >= 11 is 0. The number of carbonyl (C=O) groups is 1. The number of hydrogen-bond acceptors (Lipinski definition) is 4. The third-order valence-corrected chi connectivity index (χ3v) is 2.39. The van der Waals surface area contributed by atoms with Gasteiger partial charge in [-0.05, 0) is 33.6 Å². The number of nitrogens with zero attached hydrogens (tertiary/aromatic N) is 1. The normalized spacial score (nSPS) is 25.8. The lowest BCUT2D eigenvalue weighted by molar-refractivity contribution is 0.0468. The van der Waals surface area contributed by atoms with Gasteiger partial charge in [-0.25, -0.2) is 4.79 Å². The van der Waals surface area contributed by atoms with E-state index in [2.05, 4.69) is 10.5 Å². The molecule has 0 aromatic carbocycles. The molecule has 92 valence electrons. The molecular weight excluding hydrogens is 210 g/mol. The average molecular weight is 229 g/mol. The molecule has 0 aromatic rings. The Labute approximate surface area is 94.8 Å². The lowest BCUT2D eigenvalue weighted by Crippen LogP contribution is -2.49. The average Bonchev–Trinajstić information content (AvgIpc) is 2.06. The van der Waals surface area contributed by atoms with Crippen molar-refractivity contribution in [2.75, 3.05) is 0 Å². The van der Waals surface area contributed by atoms with Crippen LogP contribution in [0.15, 0.2) is 5.16 Å². The minimum atomic E-state index is -0.487. The quantitative estimate of drug-likeness (QED) is 0.285. The summed E-state index contributed by atoms with van der Waals surface area (Å²) in [6.45, 7) is 5.44. The van der Waals surface area contributed by atoms with Crippen molar-refractivity contribution < 1.29 is 14.7 Å². The number of nitrogens with two attached hydrogens (primary N) is 1. The van der Waals surface area contributed by atoms with Gasteiger partial charge in [0, 0.05) is 12.0 Å². The summed E-state index contributed by atoms with van der Waals surface area (Å²) in [4.78, 5) is 11.4. The van der Waals surface area contributed by atoms with E-state index < -0.39 is 11.7 Å². The maximum Gasteiger partial charge on any atom is 0.407 e. The van der Waals surface area contributed by atoms with E-state index in [0.29, 0.717) is 12.8 Å². The van der Waals surface area contributed by atoms with Crippen LogP contribution >= 0.6 is 0 Å². The van der Waals surface area contributed by atoms with Gasteiger partial charge in [0.2, 0.25) is 0 Å². The van der Waals surface area contributed by atoms with E-state index in [4.69, 9.17) is 15.7 Å². The van der Waals surface area contributed by atoms with Crippen LogP contribution in [-0.2, 0) is 4.74 Å². The molecule has 1 aliphatic rings. The first-order chi connectivity index (χ1) is 7.31. The smallest absolute Gasteiger partial charge is 0.407 e. The van der Waals surface area contributed by atoms with Gasteiger partial charge in [-0.2, -0.15) is 0 Å². The number of hydrogen-bond donors (Lipinski definition) is 3. The highest BCUT2D eigenvalue weighted by Gasteiger charge is 2.34. The number of ether oxygens (including phenoxy) is 1. The zero-order chi connectivity index (χ0) is 12.3. The van der Waals surface area contributed by atoms with Gasteiger partial charge in [-0.15, -0.1) is 0 Å². The van der Waals surface area contributed by atoms with Crippen LogP contribution in [0.2, 0.25) is 0 Å². The van der Waals surface area contributed by atoms with E-state index in [1.165, 1.54) is 0 Å². The van der Waals surface area contributed by atoms with Crippen LogP contribution in [-0.4, -0.2) is 28.8 Å². The fourth-order valence-electron chi connectivity index (χ4n) is 1.53. The zero-order valence-electron chi connectivity index (χ0n) is 9.86. The summed E-state index contributed by atoms with van der Waals surface area (Å²) < 4.78 is 5.11. The molecule has 6 nitrogen and oxygen atoms in total. The highest BCUT2D eigenvalue weighted by molar-refractivity contribution is 5.83. The summed E-state index contributed by atoms with van der Waals surface area (Å²) in [6.07, 6.45) is 0.958. The third-order valence-electron chi connectivity index (χ3n) is 2.39. The first-order valence-corrected chi connectivity index (χ1v) is 5.28. The molecule has 4 N–H and O–H groups in total. The summed E-state index contributed by atoms with van der Waals surface area (Å²) in [5, 5.41) is 14.1. The fraction of sp³-hybridized carbons (Fsp3) is 0.800. The number of amidine groups is 1. The van der Waals surface area contributed by atoms with Crippen molar-refractivity contribution in [1.29, 1.82) is 0 Å². The Morgan fingerprint density at radius 2 is 2.06 bits per heavy atom. The molecule has 1 aliphatic carbocycles. The molecule has 1 amide bonds.